The second kappa shape index (κ2) is 6.44. The van der Waals surface area contributed by atoms with Gasteiger partial charge in [0.05, 0.1) is 29.9 Å². The first-order valence-corrected chi connectivity index (χ1v) is 9.89. The number of hydrogen-bond acceptors (Lipinski definition) is 4. The fraction of sp³-hybridized carbons (Fsp3) is 0.688. The van der Waals surface area contributed by atoms with Gasteiger partial charge in [0.25, 0.3) is 0 Å². The summed E-state index contributed by atoms with van der Waals surface area (Å²) in [5.74, 6) is -0.193. The first-order valence-electron chi connectivity index (χ1n) is 8.07. The van der Waals surface area contributed by atoms with Crippen LogP contribution in [0.3, 0.4) is 0 Å². The van der Waals surface area contributed by atoms with Crippen molar-refractivity contribution in [2.45, 2.75) is 51.1 Å². The highest BCUT2D eigenvalue weighted by Gasteiger charge is 2.37. The minimum Gasteiger partial charge on any atom is -0.472 e. The number of amides is 1. The molecule has 1 saturated carbocycles. The van der Waals surface area contributed by atoms with Gasteiger partial charge in [-0.05, 0) is 25.3 Å². The molecule has 1 atom stereocenters. The predicted molar refractivity (Wildman–Crippen MR) is 82.9 cm³/mol. The topological polar surface area (TPSA) is 67.6 Å². The van der Waals surface area contributed by atoms with Crippen LogP contribution in [0.2, 0.25) is 0 Å². The molecule has 1 aromatic rings. The molecule has 0 radical (unpaired) electrons. The Hall–Kier alpha value is -1.30. The van der Waals surface area contributed by atoms with Crippen LogP contribution in [0.25, 0.3) is 0 Å². The molecular weight excluding hydrogens is 302 g/mol. The second-order valence-electron chi connectivity index (χ2n) is 6.49. The lowest BCUT2D eigenvalue weighted by atomic mass is 9.92. The van der Waals surface area contributed by atoms with Crippen molar-refractivity contribution in [2.24, 2.45) is 5.92 Å². The number of carbonyl (C=O) groups excluding carboxylic acids is 1. The molecule has 1 aliphatic carbocycles. The normalized spacial score (nSPS) is 25.2. The molecule has 2 heterocycles. The number of hydrogen-bond donors (Lipinski definition) is 0. The Bertz CT molecular complexity index is 602. The average molecular weight is 325 g/mol. The summed E-state index contributed by atoms with van der Waals surface area (Å²) in [6.07, 6.45) is 9.28. The molecule has 1 amide bonds. The molecule has 0 unspecified atom stereocenters. The second-order valence-corrected chi connectivity index (χ2v) is 8.72. The van der Waals surface area contributed by atoms with E-state index in [1.165, 1.54) is 6.42 Å². The monoisotopic (exact) mass is 325 g/mol. The molecule has 22 heavy (non-hydrogen) atoms. The van der Waals surface area contributed by atoms with Gasteiger partial charge in [-0.25, -0.2) is 8.42 Å². The Morgan fingerprint density at radius 3 is 2.59 bits per heavy atom. The summed E-state index contributed by atoms with van der Waals surface area (Å²) in [6.45, 7) is 0.524. The highest BCUT2D eigenvalue weighted by Crippen LogP contribution is 2.28. The molecule has 0 bridgehead atoms. The van der Waals surface area contributed by atoms with E-state index in [0.29, 0.717) is 13.0 Å². The fourth-order valence-corrected chi connectivity index (χ4v) is 5.32. The summed E-state index contributed by atoms with van der Waals surface area (Å²) >= 11 is 0. The molecule has 0 N–H and O–H groups in total. The summed E-state index contributed by atoms with van der Waals surface area (Å²) in [7, 11) is -3.03. The highest BCUT2D eigenvalue weighted by molar-refractivity contribution is 7.91. The maximum absolute atomic E-state index is 12.9. The van der Waals surface area contributed by atoms with Crippen LogP contribution in [0.15, 0.2) is 23.0 Å². The lowest BCUT2D eigenvalue weighted by Crippen LogP contribution is -2.44. The van der Waals surface area contributed by atoms with Crippen LogP contribution in [-0.2, 0) is 21.2 Å². The fourth-order valence-electron chi connectivity index (χ4n) is 3.58. The van der Waals surface area contributed by atoms with E-state index in [9.17, 15) is 13.2 Å². The van der Waals surface area contributed by atoms with Crippen LogP contribution >= 0.6 is 0 Å². The quantitative estimate of drug-likeness (QED) is 0.852. The minimum absolute atomic E-state index is 0.00850. The van der Waals surface area contributed by atoms with E-state index in [2.05, 4.69) is 0 Å². The molecule has 122 valence electrons. The lowest BCUT2D eigenvalue weighted by Gasteiger charge is -2.35. The average Bonchev–Trinajstić information content (AvgIpc) is 3.14. The van der Waals surface area contributed by atoms with Crippen molar-refractivity contribution in [3.8, 4) is 0 Å². The lowest BCUT2D eigenvalue weighted by molar-refractivity contribution is -0.138. The standard InChI is InChI=1S/C16H23NO4S/c18-16(14-7-9-22(19,20)12-14)17(10-13-6-8-21-11-13)15-4-2-1-3-5-15/h6,8,11,14-15H,1-5,7,9-10,12H2/t14-/m0/s1. The first-order chi connectivity index (χ1) is 10.6. The van der Waals surface area contributed by atoms with E-state index in [4.69, 9.17) is 4.42 Å². The van der Waals surface area contributed by atoms with Crippen LogP contribution in [-0.4, -0.2) is 36.8 Å². The Labute approximate surface area is 131 Å². The summed E-state index contributed by atoms with van der Waals surface area (Å²) in [5.41, 5.74) is 0.972. The number of carbonyl (C=O) groups is 1. The smallest absolute Gasteiger partial charge is 0.227 e. The molecule has 2 fully saturated rings. The van der Waals surface area contributed by atoms with Gasteiger partial charge in [-0.15, -0.1) is 0 Å². The van der Waals surface area contributed by atoms with Gasteiger partial charge in [-0.2, -0.15) is 0 Å². The van der Waals surface area contributed by atoms with Gasteiger partial charge in [0.2, 0.25) is 5.91 Å². The number of rotatable bonds is 4. The molecule has 1 saturated heterocycles. The maximum atomic E-state index is 12.9. The van der Waals surface area contributed by atoms with Gasteiger partial charge < -0.3 is 9.32 Å². The van der Waals surface area contributed by atoms with Crippen molar-refractivity contribution < 1.29 is 17.6 Å². The summed E-state index contributed by atoms with van der Waals surface area (Å²) in [5, 5.41) is 0. The molecule has 5 nitrogen and oxygen atoms in total. The van der Waals surface area contributed by atoms with Gasteiger partial charge >= 0.3 is 0 Å². The third kappa shape index (κ3) is 3.54. The molecule has 3 rings (SSSR count). The third-order valence-corrected chi connectivity index (χ3v) is 6.58. The molecule has 0 aromatic carbocycles. The SMILES string of the molecule is O=C([C@H]1CCS(=O)(=O)C1)N(Cc1ccoc1)C1CCCCC1. The summed E-state index contributed by atoms with van der Waals surface area (Å²) in [6, 6.07) is 2.11. The zero-order valence-electron chi connectivity index (χ0n) is 12.7. The Balaban J connectivity index is 1.76. The maximum Gasteiger partial charge on any atom is 0.227 e. The Morgan fingerprint density at radius 2 is 2.00 bits per heavy atom. The van der Waals surface area contributed by atoms with Gasteiger partial charge in [0, 0.05) is 18.2 Å². The Morgan fingerprint density at radius 1 is 1.23 bits per heavy atom. The van der Waals surface area contributed by atoms with Crippen molar-refractivity contribution in [1.29, 1.82) is 0 Å². The van der Waals surface area contributed by atoms with E-state index in [0.717, 1.165) is 31.2 Å². The van der Waals surface area contributed by atoms with Gasteiger partial charge in [-0.3, -0.25) is 4.79 Å². The van der Waals surface area contributed by atoms with Crippen molar-refractivity contribution in [1.82, 2.24) is 4.90 Å². The first kappa shape index (κ1) is 15.6. The molecule has 1 aliphatic heterocycles. The molecular formula is C16H23NO4S. The van der Waals surface area contributed by atoms with E-state index in [1.807, 2.05) is 11.0 Å². The van der Waals surface area contributed by atoms with E-state index in [-0.39, 0.29) is 29.4 Å². The summed E-state index contributed by atoms with van der Waals surface area (Å²) < 4.78 is 28.5. The largest absolute Gasteiger partial charge is 0.472 e. The van der Waals surface area contributed by atoms with E-state index in [1.54, 1.807) is 12.5 Å². The van der Waals surface area contributed by atoms with Crippen molar-refractivity contribution in [3.63, 3.8) is 0 Å². The van der Waals surface area contributed by atoms with Crippen LogP contribution < -0.4 is 0 Å². The highest BCUT2D eigenvalue weighted by atomic mass is 32.2. The van der Waals surface area contributed by atoms with Crippen molar-refractivity contribution in [3.05, 3.63) is 24.2 Å². The predicted octanol–water partition coefficient (Wildman–Crippen LogP) is 2.38. The van der Waals surface area contributed by atoms with Gasteiger partial charge in [0.1, 0.15) is 0 Å². The summed E-state index contributed by atoms with van der Waals surface area (Å²) in [4.78, 5) is 14.8. The van der Waals surface area contributed by atoms with Crippen LogP contribution in [0, 0.1) is 5.92 Å². The molecule has 1 aromatic heterocycles. The minimum atomic E-state index is -3.03. The van der Waals surface area contributed by atoms with Gasteiger partial charge in [-0.1, -0.05) is 19.3 Å². The molecule has 0 spiro atoms. The van der Waals surface area contributed by atoms with E-state index < -0.39 is 9.84 Å². The van der Waals surface area contributed by atoms with Crippen LogP contribution in [0.5, 0.6) is 0 Å². The van der Waals surface area contributed by atoms with Crippen LogP contribution in [0.1, 0.15) is 44.1 Å². The van der Waals surface area contributed by atoms with Crippen molar-refractivity contribution in [2.75, 3.05) is 11.5 Å². The third-order valence-electron chi connectivity index (χ3n) is 4.81. The number of sulfone groups is 1. The van der Waals surface area contributed by atoms with Crippen molar-refractivity contribution >= 4 is 15.7 Å². The van der Waals surface area contributed by atoms with E-state index >= 15 is 0 Å². The zero-order chi connectivity index (χ0) is 15.6. The zero-order valence-corrected chi connectivity index (χ0v) is 13.6. The van der Waals surface area contributed by atoms with Crippen LogP contribution in [0.4, 0.5) is 0 Å². The van der Waals surface area contributed by atoms with Gasteiger partial charge in [0.15, 0.2) is 9.84 Å². The molecule has 6 heteroatoms. The number of nitrogens with zero attached hydrogens (tertiary/aromatic N) is 1. The molecule has 2 aliphatic rings. The number of furan rings is 1. The Kier molecular flexibility index (Phi) is 4.57.